The smallest absolute Gasteiger partial charge is 0.367 e. The minimum absolute atomic E-state index is 0.187. The van der Waals surface area contributed by atoms with Gasteiger partial charge >= 0.3 is 5.97 Å². The lowest BCUT2D eigenvalue weighted by molar-refractivity contribution is -0.135. The predicted octanol–water partition coefficient (Wildman–Crippen LogP) is 3.07. The number of ether oxygens (including phenoxy) is 1. The summed E-state index contributed by atoms with van der Waals surface area (Å²) in [5, 5.41) is 10.9. The van der Waals surface area contributed by atoms with E-state index in [0.717, 1.165) is 12.8 Å². The number of unbranched alkanes of at least 4 members (excludes halogenated alkanes) is 5. The lowest BCUT2D eigenvalue weighted by Crippen LogP contribution is -2.12. The molecule has 0 aromatic heterocycles. The topological polar surface area (TPSA) is 58.9 Å². The molecule has 0 saturated carbocycles. The second kappa shape index (κ2) is 9.96. The molecule has 0 atom stereocenters. The van der Waals surface area contributed by atoms with Gasteiger partial charge in [-0.3, -0.25) is 0 Å². The van der Waals surface area contributed by atoms with Gasteiger partial charge in [-0.25, -0.2) is 4.79 Å². The molecule has 0 aliphatic heterocycles. The molecule has 0 aliphatic rings. The first kappa shape index (κ1) is 14.4. The third kappa shape index (κ3) is 8.42. The van der Waals surface area contributed by atoms with Crippen LogP contribution in [-0.2, 0) is 9.53 Å². The molecule has 0 unspecified atom stereocenters. The van der Waals surface area contributed by atoms with Gasteiger partial charge in [0.15, 0.2) is 0 Å². The van der Waals surface area contributed by atoms with Crippen LogP contribution in [0.4, 0.5) is 0 Å². The fourth-order valence-electron chi connectivity index (χ4n) is 1.15. The van der Waals surface area contributed by atoms with E-state index in [0.29, 0.717) is 6.61 Å². The molecule has 0 bridgehead atoms. The Bertz CT molecular complexity index is 207. The number of nitrogens with zero attached hydrogens (tertiary/aromatic N) is 1. The summed E-state index contributed by atoms with van der Waals surface area (Å²) in [6.45, 7) is 2.56. The Hall–Kier alpha value is -0.580. The molecule has 0 rings (SSSR count). The number of esters is 1. The van der Waals surface area contributed by atoms with Crippen LogP contribution in [-0.4, -0.2) is 22.4 Å². The van der Waals surface area contributed by atoms with Crippen LogP contribution in [0, 0.1) is 0 Å². The highest BCUT2D eigenvalue weighted by molar-refractivity contribution is 9.19. The Morgan fingerprint density at radius 2 is 1.87 bits per heavy atom. The van der Waals surface area contributed by atoms with Crippen molar-refractivity contribution >= 4 is 26.5 Å². The van der Waals surface area contributed by atoms with Crippen molar-refractivity contribution in [2.75, 3.05) is 6.61 Å². The van der Waals surface area contributed by atoms with Crippen molar-refractivity contribution in [3.05, 3.63) is 0 Å². The number of hydrogen-bond acceptors (Lipinski definition) is 4. The standard InChI is InChI=1S/C10H18BrNO3/c1-2-3-4-5-6-7-8-15-10(13)9(11)12-14/h14H,2-8H2,1H3. The average molecular weight is 280 g/mol. The van der Waals surface area contributed by atoms with Crippen molar-refractivity contribution in [2.45, 2.75) is 45.4 Å². The Morgan fingerprint density at radius 3 is 2.47 bits per heavy atom. The second-order valence-electron chi connectivity index (χ2n) is 3.29. The van der Waals surface area contributed by atoms with Gasteiger partial charge in [0.05, 0.1) is 6.61 Å². The number of carbonyl (C=O) groups excluding carboxylic acids is 1. The molecular formula is C10H18BrNO3. The van der Waals surface area contributed by atoms with E-state index < -0.39 is 5.97 Å². The number of hydrogen-bond donors (Lipinski definition) is 1. The summed E-state index contributed by atoms with van der Waals surface area (Å²) in [6.07, 6.45) is 6.85. The molecular weight excluding hydrogens is 262 g/mol. The van der Waals surface area contributed by atoms with Crippen molar-refractivity contribution in [2.24, 2.45) is 5.16 Å². The highest BCUT2D eigenvalue weighted by atomic mass is 79.9. The maximum Gasteiger partial charge on any atom is 0.367 e. The van der Waals surface area contributed by atoms with E-state index in [1.807, 2.05) is 0 Å². The zero-order valence-corrected chi connectivity index (χ0v) is 10.6. The van der Waals surface area contributed by atoms with Crippen molar-refractivity contribution in [3.8, 4) is 0 Å². The summed E-state index contributed by atoms with van der Waals surface area (Å²) in [4.78, 5) is 10.9. The average Bonchev–Trinajstić information content (AvgIpc) is 2.26. The highest BCUT2D eigenvalue weighted by Crippen LogP contribution is 2.05. The normalized spacial score (nSPS) is 11.5. The van der Waals surface area contributed by atoms with Crippen LogP contribution in [0.3, 0.4) is 0 Å². The molecule has 0 spiro atoms. The Morgan fingerprint density at radius 1 is 1.27 bits per heavy atom. The molecule has 0 fully saturated rings. The van der Waals surface area contributed by atoms with Gasteiger partial charge in [-0.15, -0.1) is 0 Å². The first-order chi connectivity index (χ1) is 7.22. The van der Waals surface area contributed by atoms with Crippen LogP contribution in [0.5, 0.6) is 0 Å². The molecule has 88 valence electrons. The van der Waals surface area contributed by atoms with Crippen molar-refractivity contribution < 1.29 is 14.7 Å². The number of oxime groups is 1. The molecule has 0 heterocycles. The molecule has 5 heteroatoms. The monoisotopic (exact) mass is 279 g/mol. The SMILES string of the molecule is CCCCCCCCOC(=O)C(Br)=NO. The third-order valence-corrected chi connectivity index (χ3v) is 2.47. The first-order valence-electron chi connectivity index (χ1n) is 5.27. The number of rotatable bonds is 8. The van der Waals surface area contributed by atoms with Gasteiger partial charge in [0.1, 0.15) is 0 Å². The predicted molar refractivity (Wildman–Crippen MR) is 62.5 cm³/mol. The zero-order chi connectivity index (χ0) is 11.5. The number of halogens is 1. The summed E-state index contributed by atoms with van der Waals surface area (Å²) in [6, 6.07) is 0. The quantitative estimate of drug-likeness (QED) is 0.244. The van der Waals surface area contributed by atoms with Crippen molar-refractivity contribution in [1.29, 1.82) is 0 Å². The van der Waals surface area contributed by atoms with E-state index in [1.54, 1.807) is 0 Å². The molecule has 0 aromatic rings. The maximum absolute atomic E-state index is 10.9. The minimum atomic E-state index is -0.619. The van der Waals surface area contributed by atoms with Crippen LogP contribution in [0.25, 0.3) is 0 Å². The Kier molecular flexibility index (Phi) is 9.57. The van der Waals surface area contributed by atoms with Gasteiger partial charge in [0.2, 0.25) is 4.62 Å². The molecule has 0 saturated heterocycles. The van der Waals surface area contributed by atoms with Crippen molar-refractivity contribution in [3.63, 3.8) is 0 Å². The maximum atomic E-state index is 10.9. The van der Waals surface area contributed by atoms with E-state index >= 15 is 0 Å². The third-order valence-electron chi connectivity index (χ3n) is 1.99. The summed E-state index contributed by atoms with van der Waals surface area (Å²) in [5.74, 6) is -0.619. The minimum Gasteiger partial charge on any atom is -0.460 e. The van der Waals surface area contributed by atoms with E-state index in [2.05, 4.69) is 28.0 Å². The first-order valence-corrected chi connectivity index (χ1v) is 6.06. The van der Waals surface area contributed by atoms with E-state index in [-0.39, 0.29) is 4.62 Å². The summed E-state index contributed by atoms with van der Waals surface area (Å²) in [5.41, 5.74) is 0. The van der Waals surface area contributed by atoms with E-state index in [9.17, 15) is 4.79 Å². The second-order valence-corrected chi connectivity index (χ2v) is 4.05. The lowest BCUT2D eigenvalue weighted by atomic mass is 10.1. The largest absolute Gasteiger partial charge is 0.460 e. The van der Waals surface area contributed by atoms with Crippen LogP contribution >= 0.6 is 15.9 Å². The number of carbonyl (C=O) groups is 1. The lowest BCUT2D eigenvalue weighted by Gasteiger charge is -2.02. The fraction of sp³-hybridized carbons (Fsp3) is 0.800. The Labute approximate surface area is 98.8 Å². The van der Waals surface area contributed by atoms with Gasteiger partial charge in [-0.2, -0.15) is 0 Å². The van der Waals surface area contributed by atoms with E-state index in [1.165, 1.54) is 25.7 Å². The molecule has 0 amide bonds. The molecule has 0 radical (unpaired) electrons. The van der Waals surface area contributed by atoms with E-state index in [4.69, 9.17) is 9.94 Å². The van der Waals surface area contributed by atoms with Crippen LogP contribution in [0.15, 0.2) is 5.16 Å². The fourth-order valence-corrected chi connectivity index (χ4v) is 1.26. The molecule has 0 aliphatic carbocycles. The molecule has 4 nitrogen and oxygen atoms in total. The highest BCUT2D eigenvalue weighted by Gasteiger charge is 2.08. The summed E-state index contributed by atoms with van der Waals surface area (Å²) >= 11 is 2.77. The molecule has 0 aromatic carbocycles. The summed E-state index contributed by atoms with van der Waals surface area (Å²) in [7, 11) is 0. The summed E-state index contributed by atoms with van der Waals surface area (Å²) < 4.78 is 4.64. The van der Waals surface area contributed by atoms with Gasteiger partial charge < -0.3 is 9.94 Å². The molecule has 15 heavy (non-hydrogen) atoms. The zero-order valence-electron chi connectivity index (χ0n) is 9.04. The van der Waals surface area contributed by atoms with Gasteiger partial charge in [0, 0.05) is 0 Å². The van der Waals surface area contributed by atoms with Crippen LogP contribution < -0.4 is 0 Å². The van der Waals surface area contributed by atoms with Crippen LogP contribution in [0.2, 0.25) is 0 Å². The Balaban J connectivity index is 3.28. The van der Waals surface area contributed by atoms with Gasteiger partial charge in [-0.05, 0) is 22.4 Å². The van der Waals surface area contributed by atoms with Crippen LogP contribution in [0.1, 0.15) is 45.4 Å². The molecule has 1 N–H and O–H groups in total. The van der Waals surface area contributed by atoms with Gasteiger partial charge in [0.25, 0.3) is 0 Å². The van der Waals surface area contributed by atoms with Gasteiger partial charge in [-0.1, -0.05) is 44.2 Å². The van der Waals surface area contributed by atoms with Crippen molar-refractivity contribution in [1.82, 2.24) is 0 Å².